The van der Waals surface area contributed by atoms with E-state index < -0.39 is 0 Å². The van der Waals surface area contributed by atoms with E-state index in [0.717, 1.165) is 37.2 Å². The summed E-state index contributed by atoms with van der Waals surface area (Å²) in [6.45, 7) is 0.698. The number of hydrogen-bond donors (Lipinski definition) is 2. The average molecular weight is 276 g/mol. The number of methoxy groups -OCH3 is 1. The molecule has 2 rings (SSSR count). The summed E-state index contributed by atoms with van der Waals surface area (Å²) >= 11 is 0. The second-order valence-electron chi connectivity index (χ2n) is 4.58. The number of hydrogen-bond acceptors (Lipinski definition) is 4. The van der Waals surface area contributed by atoms with E-state index >= 15 is 0 Å². The Morgan fingerprint density at radius 3 is 2.95 bits per heavy atom. The van der Waals surface area contributed by atoms with Crippen molar-refractivity contribution in [1.29, 1.82) is 0 Å². The third-order valence-corrected chi connectivity index (χ3v) is 3.16. The van der Waals surface area contributed by atoms with Gasteiger partial charge < -0.3 is 10.5 Å². The smallest absolute Gasteiger partial charge is 0.347 e. The zero-order chi connectivity index (χ0) is 14.4. The van der Waals surface area contributed by atoms with Crippen molar-refractivity contribution in [1.82, 2.24) is 14.8 Å². The Balaban J connectivity index is 2.22. The van der Waals surface area contributed by atoms with E-state index in [4.69, 9.17) is 10.5 Å². The quantitative estimate of drug-likeness (QED) is 0.745. The van der Waals surface area contributed by atoms with Crippen LogP contribution in [0.5, 0.6) is 5.75 Å². The third-order valence-electron chi connectivity index (χ3n) is 3.16. The van der Waals surface area contributed by atoms with Crippen molar-refractivity contribution in [2.45, 2.75) is 25.7 Å². The van der Waals surface area contributed by atoms with Crippen molar-refractivity contribution in [3.8, 4) is 11.4 Å². The minimum Gasteiger partial charge on any atom is -0.497 e. The molecule has 0 spiro atoms. The summed E-state index contributed by atoms with van der Waals surface area (Å²) in [5, 5.41) is 6.60. The molecule has 0 fully saturated rings. The number of H-pyrrole nitrogens is 1. The highest BCUT2D eigenvalue weighted by Gasteiger charge is 2.10. The van der Waals surface area contributed by atoms with E-state index in [1.807, 2.05) is 24.3 Å². The van der Waals surface area contributed by atoms with Crippen LogP contribution in [0.4, 0.5) is 0 Å². The molecule has 0 saturated carbocycles. The van der Waals surface area contributed by atoms with Gasteiger partial charge in [0.1, 0.15) is 11.6 Å². The predicted molar refractivity (Wildman–Crippen MR) is 77.3 cm³/mol. The zero-order valence-electron chi connectivity index (χ0n) is 11.6. The predicted octanol–water partition coefficient (Wildman–Crippen LogP) is 1.24. The monoisotopic (exact) mass is 276 g/mol. The van der Waals surface area contributed by atoms with E-state index in [2.05, 4.69) is 10.2 Å². The largest absolute Gasteiger partial charge is 0.497 e. The van der Waals surface area contributed by atoms with Gasteiger partial charge in [-0.2, -0.15) is 5.10 Å². The van der Waals surface area contributed by atoms with Crippen LogP contribution in [0, 0.1) is 0 Å². The Kier molecular flexibility index (Phi) is 4.95. The number of aromatic amines is 1. The average Bonchev–Trinajstić information content (AvgIpc) is 2.84. The van der Waals surface area contributed by atoms with Gasteiger partial charge in [-0.15, -0.1) is 0 Å². The molecule has 108 valence electrons. The molecule has 0 aliphatic carbocycles. The maximum absolute atomic E-state index is 11.9. The molecule has 0 aliphatic rings. The first-order valence-corrected chi connectivity index (χ1v) is 6.77. The van der Waals surface area contributed by atoms with E-state index in [0.29, 0.717) is 12.3 Å². The molecular weight excluding hydrogens is 256 g/mol. The Labute approximate surface area is 117 Å². The Morgan fingerprint density at radius 1 is 1.35 bits per heavy atom. The fourth-order valence-corrected chi connectivity index (χ4v) is 2.12. The van der Waals surface area contributed by atoms with Gasteiger partial charge in [0.05, 0.1) is 12.8 Å². The molecule has 2 aromatic rings. The highest BCUT2D eigenvalue weighted by molar-refractivity contribution is 5.39. The SMILES string of the molecule is COc1cccc(-n2c(CCCCCN)n[nH]c2=O)c1. The van der Waals surface area contributed by atoms with E-state index in [9.17, 15) is 4.79 Å². The molecule has 0 unspecified atom stereocenters. The topological polar surface area (TPSA) is 85.9 Å². The molecule has 0 bridgehead atoms. The van der Waals surface area contributed by atoms with Crippen molar-refractivity contribution in [3.63, 3.8) is 0 Å². The lowest BCUT2D eigenvalue weighted by Gasteiger charge is -2.07. The lowest BCUT2D eigenvalue weighted by molar-refractivity contribution is 0.414. The van der Waals surface area contributed by atoms with Crippen molar-refractivity contribution in [3.05, 3.63) is 40.6 Å². The number of unbranched alkanes of at least 4 members (excludes halogenated alkanes) is 2. The maximum Gasteiger partial charge on any atom is 0.347 e. The normalized spacial score (nSPS) is 10.7. The fraction of sp³-hybridized carbons (Fsp3) is 0.429. The minimum absolute atomic E-state index is 0.230. The molecule has 6 nitrogen and oxygen atoms in total. The van der Waals surface area contributed by atoms with Crippen LogP contribution in [-0.4, -0.2) is 28.4 Å². The van der Waals surface area contributed by atoms with E-state index in [-0.39, 0.29) is 5.69 Å². The minimum atomic E-state index is -0.230. The van der Waals surface area contributed by atoms with Crippen LogP contribution in [0.25, 0.3) is 5.69 Å². The number of benzene rings is 1. The first-order valence-electron chi connectivity index (χ1n) is 6.77. The van der Waals surface area contributed by atoms with Crippen LogP contribution in [0.2, 0.25) is 0 Å². The Bertz CT molecular complexity index is 603. The Morgan fingerprint density at radius 2 is 2.20 bits per heavy atom. The van der Waals surface area contributed by atoms with E-state index in [1.165, 1.54) is 0 Å². The summed E-state index contributed by atoms with van der Waals surface area (Å²) in [5.74, 6) is 1.45. The number of nitrogens with zero attached hydrogens (tertiary/aromatic N) is 2. The van der Waals surface area contributed by atoms with Crippen molar-refractivity contribution < 1.29 is 4.74 Å². The fourth-order valence-electron chi connectivity index (χ4n) is 2.12. The van der Waals surface area contributed by atoms with Crippen molar-refractivity contribution in [2.75, 3.05) is 13.7 Å². The maximum atomic E-state index is 11.9. The molecule has 3 N–H and O–H groups in total. The molecule has 0 aliphatic heterocycles. The van der Waals surface area contributed by atoms with Gasteiger partial charge in [-0.25, -0.2) is 14.5 Å². The van der Waals surface area contributed by atoms with E-state index in [1.54, 1.807) is 11.7 Å². The molecule has 0 atom stereocenters. The molecule has 0 radical (unpaired) electrons. The van der Waals surface area contributed by atoms with Crippen molar-refractivity contribution in [2.24, 2.45) is 5.73 Å². The van der Waals surface area contributed by atoms with Gasteiger partial charge in [-0.3, -0.25) is 0 Å². The number of aromatic nitrogens is 3. The van der Waals surface area contributed by atoms with Gasteiger partial charge in [0.2, 0.25) is 0 Å². The van der Waals surface area contributed by atoms with Crippen molar-refractivity contribution >= 4 is 0 Å². The van der Waals surface area contributed by atoms with Gasteiger partial charge in [0.15, 0.2) is 0 Å². The van der Waals surface area contributed by atoms with Gasteiger partial charge >= 0.3 is 5.69 Å². The number of ether oxygens (including phenoxy) is 1. The summed E-state index contributed by atoms with van der Waals surface area (Å²) < 4.78 is 6.77. The molecule has 6 heteroatoms. The molecule has 1 aromatic carbocycles. The van der Waals surface area contributed by atoms with Crippen LogP contribution in [0.1, 0.15) is 25.1 Å². The van der Waals surface area contributed by atoms with Gasteiger partial charge in [-0.1, -0.05) is 12.5 Å². The highest BCUT2D eigenvalue weighted by atomic mass is 16.5. The summed E-state index contributed by atoms with van der Waals surface area (Å²) in [4.78, 5) is 11.9. The first kappa shape index (κ1) is 14.3. The van der Waals surface area contributed by atoms with Crippen LogP contribution >= 0.6 is 0 Å². The molecular formula is C14H20N4O2. The van der Waals surface area contributed by atoms with Crippen LogP contribution in [0.3, 0.4) is 0 Å². The lowest BCUT2D eigenvalue weighted by Crippen LogP contribution is -2.17. The number of nitrogens with one attached hydrogen (secondary N) is 1. The summed E-state index contributed by atoms with van der Waals surface area (Å²) in [5.41, 5.74) is 6.01. The summed E-state index contributed by atoms with van der Waals surface area (Å²) in [6.07, 6.45) is 3.74. The number of aryl methyl sites for hydroxylation is 1. The highest BCUT2D eigenvalue weighted by Crippen LogP contribution is 2.16. The summed E-state index contributed by atoms with van der Waals surface area (Å²) in [7, 11) is 1.60. The Hall–Kier alpha value is -2.08. The molecule has 1 heterocycles. The first-order chi connectivity index (χ1) is 9.76. The molecule has 1 aromatic heterocycles. The number of nitrogens with two attached hydrogens (primary N) is 1. The lowest BCUT2D eigenvalue weighted by atomic mass is 10.2. The van der Waals surface area contributed by atoms with Gasteiger partial charge in [-0.05, 0) is 31.5 Å². The van der Waals surface area contributed by atoms with Crippen LogP contribution in [0.15, 0.2) is 29.1 Å². The molecule has 0 saturated heterocycles. The van der Waals surface area contributed by atoms with Crippen LogP contribution in [-0.2, 0) is 6.42 Å². The van der Waals surface area contributed by atoms with Gasteiger partial charge in [0.25, 0.3) is 0 Å². The zero-order valence-corrected chi connectivity index (χ0v) is 11.6. The van der Waals surface area contributed by atoms with Crippen LogP contribution < -0.4 is 16.2 Å². The van der Waals surface area contributed by atoms with Gasteiger partial charge in [0, 0.05) is 12.5 Å². The number of rotatable bonds is 7. The standard InChI is InChI=1S/C14H20N4O2/c1-20-12-7-5-6-11(10-12)18-13(16-17-14(18)19)8-3-2-4-9-15/h5-7,10H,2-4,8-9,15H2,1H3,(H,17,19). The third kappa shape index (κ3) is 3.27. The molecule has 20 heavy (non-hydrogen) atoms. The second-order valence-corrected chi connectivity index (χ2v) is 4.58. The second kappa shape index (κ2) is 6.91. The molecule has 0 amide bonds. The summed E-state index contributed by atoms with van der Waals surface area (Å²) in [6, 6.07) is 7.38.